The third-order valence-corrected chi connectivity index (χ3v) is 3.86. The van der Waals surface area contributed by atoms with Crippen LogP contribution in [0.4, 0.5) is 0 Å². The van der Waals surface area contributed by atoms with Crippen molar-refractivity contribution in [3.8, 4) is 0 Å². The lowest BCUT2D eigenvalue weighted by atomic mass is 10.1. The minimum Gasteiger partial charge on any atom is -0.241 e. The monoisotopic (exact) mass is 215 g/mol. The molecule has 0 aliphatic heterocycles. The van der Waals surface area contributed by atoms with E-state index >= 15 is 0 Å². The molecule has 0 saturated heterocycles. The van der Waals surface area contributed by atoms with Crippen LogP contribution in [0.5, 0.6) is 0 Å². The maximum absolute atomic E-state index is 4.54. The van der Waals surface area contributed by atoms with Gasteiger partial charge in [-0.25, -0.2) is 4.98 Å². The third kappa shape index (κ3) is 1.59. The molecular formula is C13H13NS. The van der Waals surface area contributed by atoms with Crippen molar-refractivity contribution in [1.82, 2.24) is 4.98 Å². The fraction of sp³-hybridized carbons (Fsp3) is 0.308. The molecule has 2 heteroatoms. The first-order valence-electron chi connectivity index (χ1n) is 5.39. The first-order chi connectivity index (χ1) is 7.33. The predicted molar refractivity (Wildman–Crippen MR) is 66.2 cm³/mol. The predicted octanol–water partition coefficient (Wildman–Crippen LogP) is 4.17. The highest BCUT2D eigenvalue weighted by atomic mass is 32.1. The summed E-state index contributed by atoms with van der Waals surface area (Å²) in [5.74, 6) is 0. The molecule has 0 bridgehead atoms. The van der Waals surface area contributed by atoms with Crippen LogP contribution in [0.3, 0.4) is 0 Å². The fourth-order valence-electron chi connectivity index (χ4n) is 2.18. The number of rotatable bonds is 1. The van der Waals surface area contributed by atoms with Crippen LogP contribution in [0.1, 0.15) is 29.8 Å². The summed E-state index contributed by atoms with van der Waals surface area (Å²) >= 11 is 1.77. The second-order valence-corrected chi connectivity index (χ2v) is 5.27. The fourth-order valence-corrected chi connectivity index (χ4v) is 2.98. The van der Waals surface area contributed by atoms with Crippen molar-refractivity contribution in [3.05, 3.63) is 34.8 Å². The molecule has 0 saturated carbocycles. The molecule has 1 nitrogen and oxygen atoms in total. The van der Waals surface area contributed by atoms with Gasteiger partial charge in [0.25, 0.3) is 0 Å². The summed E-state index contributed by atoms with van der Waals surface area (Å²) in [6, 6.07) is 6.67. The van der Waals surface area contributed by atoms with Crippen molar-refractivity contribution in [2.75, 3.05) is 0 Å². The molecule has 2 aromatic rings. The van der Waals surface area contributed by atoms with Gasteiger partial charge in [0, 0.05) is 0 Å². The Balaban J connectivity index is 2.12. The highest BCUT2D eigenvalue weighted by Crippen LogP contribution is 2.30. The van der Waals surface area contributed by atoms with Crippen molar-refractivity contribution in [3.63, 3.8) is 0 Å². The van der Waals surface area contributed by atoms with E-state index in [1.54, 1.807) is 11.3 Å². The van der Waals surface area contributed by atoms with Crippen LogP contribution in [0.25, 0.3) is 15.8 Å². The lowest BCUT2D eigenvalue weighted by Gasteiger charge is -2.00. The van der Waals surface area contributed by atoms with Crippen LogP contribution in [0.2, 0.25) is 0 Å². The highest BCUT2D eigenvalue weighted by molar-refractivity contribution is 7.18. The van der Waals surface area contributed by atoms with E-state index < -0.39 is 0 Å². The van der Waals surface area contributed by atoms with E-state index in [2.05, 4.69) is 36.2 Å². The summed E-state index contributed by atoms with van der Waals surface area (Å²) in [6.07, 6.45) is 6.14. The van der Waals surface area contributed by atoms with Crippen molar-refractivity contribution in [1.29, 1.82) is 0 Å². The van der Waals surface area contributed by atoms with E-state index in [0.717, 1.165) is 10.5 Å². The minimum absolute atomic E-state index is 1.16. The third-order valence-electron chi connectivity index (χ3n) is 2.91. The molecule has 0 amide bonds. The molecule has 0 unspecified atom stereocenters. The van der Waals surface area contributed by atoms with Gasteiger partial charge in [0.15, 0.2) is 0 Å². The minimum atomic E-state index is 1.16. The summed E-state index contributed by atoms with van der Waals surface area (Å²) in [6.45, 7) is 2.07. The van der Waals surface area contributed by atoms with Gasteiger partial charge in [-0.1, -0.05) is 12.1 Å². The van der Waals surface area contributed by atoms with Gasteiger partial charge in [0.05, 0.1) is 15.2 Å². The number of thiazole rings is 1. The molecule has 1 aliphatic carbocycles. The van der Waals surface area contributed by atoms with Crippen molar-refractivity contribution in [2.45, 2.75) is 26.2 Å². The SMILES string of the molecule is Cc1nc2cc(C3=CCCC3)ccc2s1. The molecule has 1 heterocycles. The van der Waals surface area contributed by atoms with Gasteiger partial charge >= 0.3 is 0 Å². The zero-order valence-electron chi connectivity index (χ0n) is 8.79. The molecule has 1 aliphatic rings. The Kier molecular flexibility index (Phi) is 2.10. The van der Waals surface area contributed by atoms with Gasteiger partial charge in [-0.05, 0) is 49.5 Å². The molecule has 0 spiro atoms. The van der Waals surface area contributed by atoms with Gasteiger partial charge in [-0.3, -0.25) is 0 Å². The summed E-state index contributed by atoms with van der Waals surface area (Å²) < 4.78 is 1.30. The van der Waals surface area contributed by atoms with E-state index in [1.165, 1.54) is 35.1 Å². The molecule has 0 radical (unpaired) electrons. The maximum atomic E-state index is 4.54. The first kappa shape index (κ1) is 9.10. The Bertz CT molecular complexity index is 536. The number of hydrogen-bond acceptors (Lipinski definition) is 2. The second-order valence-electron chi connectivity index (χ2n) is 4.04. The molecule has 3 rings (SSSR count). The Labute approximate surface area is 93.5 Å². The van der Waals surface area contributed by atoms with Crippen LogP contribution in [0.15, 0.2) is 24.3 Å². The van der Waals surface area contributed by atoms with E-state index in [0.29, 0.717) is 0 Å². The van der Waals surface area contributed by atoms with Crippen LogP contribution >= 0.6 is 11.3 Å². The summed E-state index contributed by atoms with van der Waals surface area (Å²) in [5.41, 5.74) is 4.02. The lowest BCUT2D eigenvalue weighted by Crippen LogP contribution is -1.80. The van der Waals surface area contributed by atoms with Crippen LogP contribution in [-0.2, 0) is 0 Å². The van der Waals surface area contributed by atoms with E-state index in [4.69, 9.17) is 0 Å². The number of aromatic nitrogens is 1. The molecule has 1 aromatic heterocycles. The normalized spacial score (nSPS) is 15.9. The van der Waals surface area contributed by atoms with E-state index in [-0.39, 0.29) is 0 Å². The number of fused-ring (bicyclic) bond motifs is 1. The van der Waals surface area contributed by atoms with Gasteiger partial charge in [0.1, 0.15) is 0 Å². The molecule has 0 N–H and O–H groups in total. The average Bonchev–Trinajstić information content (AvgIpc) is 2.82. The van der Waals surface area contributed by atoms with Crippen molar-refractivity contribution in [2.24, 2.45) is 0 Å². The van der Waals surface area contributed by atoms with Gasteiger partial charge in [-0.2, -0.15) is 0 Å². The van der Waals surface area contributed by atoms with Crippen LogP contribution < -0.4 is 0 Å². The molecule has 0 fully saturated rings. The largest absolute Gasteiger partial charge is 0.241 e. The van der Waals surface area contributed by atoms with Gasteiger partial charge < -0.3 is 0 Å². The zero-order chi connectivity index (χ0) is 10.3. The average molecular weight is 215 g/mol. The molecule has 15 heavy (non-hydrogen) atoms. The Morgan fingerprint density at radius 3 is 3.07 bits per heavy atom. The molecule has 0 atom stereocenters. The maximum Gasteiger partial charge on any atom is 0.0907 e. The zero-order valence-corrected chi connectivity index (χ0v) is 9.60. The molecular weight excluding hydrogens is 202 g/mol. The summed E-state index contributed by atoms with van der Waals surface area (Å²) in [7, 11) is 0. The molecule has 76 valence electrons. The number of aryl methyl sites for hydroxylation is 1. The Morgan fingerprint density at radius 2 is 2.27 bits per heavy atom. The summed E-state index contributed by atoms with van der Waals surface area (Å²) in [4.78, 5) is 4.54. The molecule has 1 aromatic carbocycles. The van der Waals surface area contributed by atoms with Gasteiger partial charge in [0.2, 0.25) is 0 Å². The Hall–Kier alpha value is -1.15. The second kappa shape index (κ2) is 3.46. The number of allylic oxidation sites excluding steroid dienone is 2. The quantitative estimate of drug-likeness (QED) is 0.695. The summed E-state index contributed by atoms with van der Waals surface area (Å²) in [5, 5.41) is 1.16. The Morgan fingerprint density at radius 1 is 1.33 bits per heavy atom. The first-order valence-corrected chi connectivity index (χ1v) is 6.21. The lowest BCUT2D eigenvalue weighted by molar-refractivity contribution is 0.935. The smallest absolute Gasteiger partial charge is 0.0907 e. The standard InChI is InChI=1S/C13H13NS/c1-9-14-12-8-11(6-7-13(12)15-9)10-4-2-3-5-10/h4,6-8H,2-3,5H2,1H3. The number of benzene rings is 1. The van der Waals surface area contributed by atoms with Crippen LogP contribution in [-0.4, -0.2) is 4.98 Å². The van der Waals surface area contributed by atoms with Gasteiger partial charge in [-0.15, -0.1) is 11.3 Å². The number of hydrogen-bond donors (Lipinski definition) is 0. The van der Waals surface area contributed by atoms with Crippen molar-refractivity contribution < 1.29 is 0 Å². The van der Waals surface area contributed by atoms with Crippen LogP contribution in [0, 0.1) is 6.92 Å². The highest BCUT2D eigenvalue weighted by Gasteiger charge is 2.08. The van der Waals surface area contributed by atoms with Crippen molar-refractivity contribution >= 4 is 27.1 Å². The topological polar surface area (TPSA) is 12.9 Å². The van der Waals surface area contributed by atoms with E-state index in [9.17, 15) is 0 Å². The number of nitrogens with zero attached hydrogens (tertiary/aromatic N) is 1. The van der Waals surface area contributed by atoms with E-state index in [1.807, 2.05) is 0 Å².